The molecule has 4 heterocycles. The number of nitrogens with zero attached hydrogens (tertiary/aromatic N) is 2. The van der Waals surface area contributed by atoms with E-state index in [4.69, 9.17) is 19.6 Å². The molecule has 0 fully saturated rings. The first kappa shape index (κ1) is 35.4. The van der Waals surface area contributed by atoms with Crippen molar-refractivity contribution in [3.05, 3.63) is 61.7 Å². The maximum Gasteiger partial charge on any atom is 0.490 e. The number of aromatic nitrogens is 2. The van der Waals surface area contributed by atoms with Crippen LogP contribution in [0.5, 0.6) is 0 Å². The van der Waals surface area contributed by atoms with E-state index >= 15 is 4.39 Å². The topological polar surface area (TPSA) is 177 Å². The van der Waals surface area contributed by atoms with Gasteiger partial charge in [0.1, 0.15) is 24.0 Å². The molecule has 0 radical (unpaired) electrons. The molecule has 0 bridgehead atoms. The molecule has 2 aliphatic heterocycles. The minimum Gasteiger partial charge on any atom is -0.480 e. The van der Waals surface area contributed by atoms with Gasteiger partial charge in [0.15, 0.2) is 0 Å². The molecule has 1 aliphatic carbocycles. The number of alkyl halides is 3. The maximum absolute atomic E-state index is 15.1. The Labute approximate surface area is 276 Å². The van der Waals surface area contributed by atoms with E-state index < -0.39 is 35.7 Å². The SMILES string of the molecule is CC[C@@]1(N[C@H](C(=O)O)C(C)C)C(=O)OCc2c1cc1n(c2=O)Cc2c-1nc1cc(F)c(C)c3c1c2[C@@H](NC(C)=O)CC3.O=C(O)C(F)(F)F. The molecule has 4 N–H and O–H groups in total. The third kappa shape index (κ3) is 5.91. The lowest BCUT2D eigenvalue weighted by Gasteiger charge is -2.39. The summed E-state index contributed by atoms with van der Waals surface area (Å²) in [6.45, 7) is 8.35. The van der Waals surface area contributed by atoms with Gasteiger partial charge in [-0.1, -0.05) is 20.8 Å². The molecule has 2 aromatic heterocycles. The summed E-state index contributed by atoms with van der Waals surface area (Å²) in [6.07, 6.45) is -3.80. The van der Waals surface area contributed by atoms with E-state index in [0.29, 0.717) is 40.9 Å². The van der Waals surface area contributed by atoms with Gasteiger partial charge in [0.2, 0.25) is 5.91 Å². The molecular formula is C33H34F4N4O8. The van der Waals surface area contributed by atoms with Crippen LogP contribution in [-0.2, 0) is 49.0 Å². The van der Waals surface area contributed by atoms with Crippen molar-refractivity contribution in [3.63, 3.8) is 0 Å². The third-order valence-electron chi connectivity index (χ3n) is 9.38. The first-order valence-corrected chi connectivity index (χ1v) is 15.5. The van der Waals surface area contributed by atoms with Gasteiger partial charge in [-0.2, -0.15) is 13.2 Å². The summed E-state index contributed by atoms with van der Waals surface area (Å²) in [7, 11) is 0. The van der Waals surface area contributed by atoms with Crippen molar-refractivity contribution < 1.29 is 51.7 Å². The van der Waals surface area contributed by atoms with Crippen molar-refractivity contribution in [3.8, 4) is 11.4 Å². The predicted octanol–water partition coefficient (Wildman–Crippen LogP) is 3.99. The molecule has 16 heteroatoms. The number of aliphatic carboxylic acids is 2. The molecule has 0 spiro atoms. The van der Waals surface area contributed by atoms with Crippen LogP contribution in [0.1, 0.15) is 80.0 Å². The zero-order chi connectivity index (χ0) is 36.3. The number of fused-ring (bicyclic) bond motifs is 5. The first-order chi connectivity index (χ1) is 22.8. The highest BCUT2D eigenvalue weighted by Gasteiger charge is 2.49. The second-order valence-corrected chi connectivity index (χ2v) is 12.7. The Morgan fingerprint density at radius 1 is 1.14 bits per heavy atom. The fourth-order valence-electron chi connectivity index (χ4n) is 6.98. The van der Waals surface area contributed by atoms with Crippen molar-refractivity contribution in [2.45, 2.75) is 90.8 Å². The average Bonchev–Trinajstić information content (AvgIpc) is 3.38. The summed E-state index contributed by atoms with van der Waals surface area (Å²) in [4.78, 5) is 65.6. The number of esters is 1. The van der Waals surface area contributed by atoms with Crippen LogP contribution in [0.4, 0.5) is 17.6 Å². The summed E-state index contributed by atoms with van der Waals surface area (Å²) >= 11 is 0. The summed E-state index contributed by atoms with van der Waals surface area (Å²) in [5.74, 6) is -5.46. The number of benzene rings is 1. The zero-order valence-electron chi connectivity index (χ0n) is 27.2. The van der Waals surface area contributed by atoms with Gasteiger partial charge >= 0.3 is 24.1 Å². The number of rotatable bonds is 6. The minimum absolute atomic E-state index is 0.139. The van der Waals surface area contributed by atoms with E-state index in [1.54, 1.807) is 38.3 Å². The van der Waals surface area contributed by atoms with Gasteiger partial charge in [-0.25, -0.2) is 19.0 Å². The molecule has 49 heavy (non-hydrogen) atoms. The number of carbonyl (C=O) groups excluding carboxylic acids is 2. The average molecular weight is 691 g/mol. The van der Waals surface area contributed by atoms with Crippen molar-refractivity contribution in [1.29, 1.82) is 0 Å². The van der Waals surface area contributed by atoms with Crippen LogP contribution in [0.3, 0.4) is 0 Å². The van der Waals surface area contributed by atoms with Gasteiger partial charge in [0.05, 0.1) is 35.1 Å². The Morgan fingerprint density at radius 2 is 1.80 bits per heavy atom. The summed E-state index contributed by atoms with van der Waals surface area (Å²) in [5, 5.41) is 23.9. The Balaban J connectivity index is 0.000000606. The number of aryl methyl sites for hydroxylation is 1. The molecule has 262 valence electrons. The Kier molecular flexibility index (Phi) is 9.08. The van der Waals surface area contributed by atoms with Crippen molar-refractivity contribution in [2.75, 3.05) is 0 Å². The number of hydrogen-bond acceptors (Lipinski definition) is 8. The minimum atomic E-state index is -5.08. The molecule has 12 nitrogen and oxygen atoms in total. The highest BCUT2D eigenvalue weighted by atomic mass is 19.4. The molecule has 6 rings (SSSR count). The van der Waals surface area contributed by atoms with Crippen LogP contribution in [0, 0.1) is 18.7 Å². The van der Waals surface area contributed by atoms with Gasteiger partial charge in [-0.05, 0) is 60.4 Å². The number of nitrogens with one attached hydrogen (secondary N) is 2. The first-order valence-electron chi connectivity index (χ1n) is 15.5. The summed E-state index contributed by atoms with van der Waals surface area (Å²) in [5.41, 5.74) is 3.04. The quantitative estimate of drug-likeness (QED) is 0.171. The zero-order valence-corrected chi connectivity index (χ0v) is 27.2. The number of amides is 1. The standard InChI is InChI=1S/C31H33FN4O6.C2HF3O2/c1-6-31(35-26(13(2)3)29(39)40)19-9-23-27-17(11-36(23)28(38)18(19)12-42-30(31)41)25-21(33-15(5)37)8-7-16-14(4)20(32)10-22(34-27)24(16)25;3-2(4,5)1(6)7/h9-10,13,21,26,35H,6-8,11-12H2,1-5H3,(H,33,37)(H,39,40);(H,6,7)/t21-,26-,31-;/m0./s1. The highest BCUT2D eigenvalue weighted by Crippen LogP contribution is 2.46. The monoisotopic (exact) mass is 690 g/mol. The lowest BCUT2D eigenvalue weighted by atomic mass is 9.80. The van der Waals surface area contributed by atoms with Gasteiger partial charge in [0.25, 0.3) is 5.56 Å². The number of hydrogen-bond donors (Lipinski definition) is 4. The van der Waals surface area contributed by atoms with E-state index in [2.05, 4.69) is 10.6 Å². The Morgan fingerprint density at radius 3 is 2.35 bits per heavy atom. The molecule has 1 aromatic carbocycles. The van der Waals surface area contributed by atoms with Crippen LogP contribution in [0.25, 0.3) is 22.3 Å². The second kappa shape index (κ2) is 12.5. The largest absolute Gasteiger partial charge is 0.490 e. The van der Waals surface area contributed by atoms with Crippen molar-refractivity contribution in [1.82, 2.24) is 20.2 Å². The van der Waals surface area contributed by atoms with Crippen LogP contribution in [0.2, 0.25) is 0 Å². The summed E-state index contributed by atoms with van der Waals surface area (Å²) < 4.78 is 53.9. The molecular weight excluding hydrogens is 656 g/mol. The number of cyclic esters (lactones) is 1. The number of carboxylic acid groups (broad SMARTS) is 2. The number of carboxylic acids is 2. The van der Waals surface area contributed by atoms with Crippen molar-refractivity contribution in [2.24, 2.45) is 5.92 Å². The lowest BCUT2D eigenvalue weighted by molar-refractivity contribution is -0.192. The van der Waals surface area contributed by atoms with Gasteiger partial charge in [-0.15, -0.1) is 0 Å². The fourth-order valence-corrected chi connectivity index (χ4v) is 6.98. The van der Waals surface area contributed by atoms with Crippen molar-refractivity contribution >= 4 is 34.7 Å². The van der Waals surface area contributed by atoms with E-state index in [0.717, 1.165) is 22.1 Å². The molecule has 0 saturated heterocycles. The molecule has 0 unspecified atom stereocenters. The van der Waals surface area contributed by atoms with Gasteiger partial charge < -0.3 is 24.8 Å². The van der Waals surface area contributed by atoms with E-state index in [1.165, 1.54) is 13.0 Å². The van der Waals surface area contributed by atoms with E-state index in [1.807, 2.05) is 0 Å². The number of pyridine rings is 2. The molecule has 1 amide bonds. The fraction of sp³-hybridized carbons (Fsp3) is 0.455. The lowest BCUT2D eigenvalue weighted by Crippen LogP contribution is -2.60. The molecule has 3 aliphatic rings. The van der Waals surface area contributed by atoms with Gasteiger partial charge in [0, 0.05) is 23.9 Å². The smallest absolute Gasteiger partial charge is 0.480 e. The summed E-state index contributed by atoms with van der Waals surface area (Å²) in [6, 6.07) is 1.69. The normalized spacial score (nSPS) is 19.6. The molecule has 3 atom stereocenters. The van der Waals surface area contributed by atoms with E-state index in [9.17, 15) is 37.5 Å². The number of halogens is 4. The Bertz CT molecular complexity index is 1990. The van der Waals surface area contributed by atoms with Crippen LogP contribution in [-0.4, -0.2) is 55.8 Å². The van der Waals surface area contributed by atoms with Crippen LogP contribution >= 0.6 is 0 Å². The number of carbonyl (C=O) groups is 4. The van der Waals surface area contributed by atoms with Crippen LogP contribution in [0.15, 0.2) is 16.9 Å². The number of ether oxygens (including phenoxy) is 1. The third-order valence-corrected chi connectivity index (χ3v) is 9.38. The second-order valence-electron chi connectivity index (χ2n) is 12.7. The molecule has 3 aromatic rings. The molecule has 0 saturated carbocycles. The Hall–Kier alpha value is -4.86. The maximum atomic E-state index is 15.1. The predicted molar refractivity (Wildman–Crippen MR) is 165 cm³/mol. The highest BCUT2D eigenvalue weighted by molar-refractivity contribution is 5.94. The van der Waals surface area contributed by atoms with E-state index in [-0.39, 0.29) is 54.4 Å². The van der Waals surface area contributed by atoms with Crippen LogP contribution < -0.4 is 16.2 Å². The van der Waals surface area contributed by atoms with Gasteiger partial charge in [-0.3, -0.25) is 19.7 Å².